The maximum Gasteiger partial charge on any atom is 0.255 e. The standard InChI is InChI=1S/C11H14N2O/c1-8(2)13-6-4-9-3-5-12-7-10(9)11(13)14/h3,5,7-8H,4,6H2,1-2H3. The number of carbonyl (C=O) groups is 1. The summed E-state index contributed by atoms with van der Waals surface area (Å²) in [6.07, 6.45) is 4.37. The first-order valence-corrected chi connectivity index (χ1v) is 4.94. The number of aromatic nitrogens is 1. The second-order valence-corrected chi connectivity index (χ2v) is 3.88. The first kappa shape index (κ1) is 9.19. The highest BCUT2D eigenvalue weighted by atomic mass is 16.2. The Morgan fingerprint density at radius 1 is 1.50 bits per heavy atom. The highest BCUT2D eigenvalue weighted by Crippen LogP contribution is 2.18. The van der Waals surface area contributed by atoms with E-state index in [0.29, 0.717) is 0 Å². The van der Waals surface area contributed by atoms with Crippen molar-refractivity contribution < 1.29 is 4.79 Å². The Kier molecular flexibility index (Phi) is 2.23. The number of amides is 1. The van der Waals surface area contributed by atoms with E-state index in [1.165, 1.54) is 0 Å². The average molecular weight is 190 g/mol. The van der Waals surface area contributed by atoms with Crippen molar-refractivity contribution in [2.24, 2.45) is 0 Å². The van der Waals surface area contributed by atoms with Crippen molar-refractivity contribution in [3.63, 3.8) is 0 Å². The zero-order valence-electron chi connectivity index (χ0n) is 8.53. The molecule has 0 bridgehead atoms. The largest absolute Gasteiger partial charge is 0.336 e. The first-order valence-electron chi connectivity index (χ1n) is 4.94. The van der Waals surface area contributed by atoms with Crippen molar-refractivity contribution in [1.29, 1.82) is 0 Å². The monoisotopic (exact) mass is 190 g/mol. The van der Waals surface area contributed by atoms with E-state index in [-0.39, 0.29) is 11.9 Å². The van der Waals surface area contributed by atoms with E-state index < -0.39 is 0 Å². The van der Waals surface area contributed by atoms with Gasteiger partial charge in [-0.2, -0.15) is 0 Å². The molecule has 1 aromatic rings. The minimum absolute atomic E-state index is 0.120. The molecule has 1 aliphatic rings. The molecule has 1 aromatic heterocycles. The quantitative estimate of drug-likeness (QED) is 0.672. The molecule has 2 rings (SSSR count). The first-order chi connectivity index (χ1) is 6.70. The fourth-order valence-corrected chi connectivity index (χ4v) is 1.82. The van der Waals surface area contributed by atoms with Crippen LogP contribution >= 0.6 is 0 Å². The lowest BCUT2D eigenvalue weighted by molar-refractivity contribution is 0.0688. The number of hydrogen-bond acceptors (Lipinski definition) is 2. The van der Waals surface area contributed by atoms with Crippen molar-refractivity contribution in [2.45, 2.75) is 26.3 Å². The fourth-order valence-electron chi connectivity index (χ4n) is 1.82. The fraction of sp³-hybridized carbons (Fsp3) is 0.455. The molecule has 0 aliphatic carbocycles. The maximum atomic E-state index is 11.9. The van der Waals surface area contributed by atoms with Crippen LogP contribution in [0, 0.1) is 0 Å². The maximum absolute atomic E-state index is 11.9. The number of fused-ring (bicyclic) bond motifs is 1. The van der Waals surface area contributed by atoms with Gasteiger partial charge in [0.2, 0.25) is 0 Å². The van der Waals surface area contributed by atoms with Gasteiger partial charge in [-0.15, -0.1) is 0 Å². The second-order valence-electron chi connectivity index (χ2n) is 3.88. The predicted molar refractivity (Wildman–Crippen MR) is 54.1 cm³/mol. The Labute approximate surface area is 83.8 Å². The zero-order valence-corrected chi connectivity index (χ0v) is 8.53. The van der Waals surface area contributed by atoms with Crippen LogP contribution in [-0.2, 0) is 6.42 Å². The number of carbonyl (C=O) groups excluding carboxylic acids is 1. The molecule has 3 heteroatoms. The molecule has 74 valence electrons. The van der Waals surface area contributed by atoms with Gasteiger partial charge in [-0.1, -0.05) is 0 Å². The minimum Gasteiger partial charge on any atom is -0.336 e. The third-order valence-corrected chi connectivity index (χ3v) is 2.65. The van der Waals surface area contributed by atoms with Gasteiger partial charge in [0, 0.05) is 25.0 Å². The Morgan fingerprint density at radius 3 is 3.00 bits per heavy atom. The van der Waals surface area contributed by atoms with Gasteiger partial charge >= 0.3 is 0 Å². The Balaban J connectivity index is 2.37. The molecule has 0 saturated heterocycles. The number of pyridine rings is 1. The van der Waals surface area contributed by atoms with Crippen LogP contribution in [0.15, 0.2) is 18.5 Å². The summed E-state index contributed by atoms with van der Waals surface area (Å²) in [6.45, 7) is 4.91. The summed E-state index contributed by atoms with van der Waals surface area (Å²) in [6, 6.07) is 2.21. The topological polar surface area (TPSA) is 33.2 Å². The summed E-state index contributed by atoms with van der Waals surface area (Å²) in [5.74, 6) is 0.120. The van der Waals surface area contributed by atoms with Gasteiger partial charge < -0.3 is 4.90 Å². The molecular weight excluding hydrogens is 176 g/mol. The SMILES string of the molecule is CC(C)N1CCc2ccncc2C1=O. The van der Waals surface area contributed by atoms with Crippen LogP contribution in [0.2, 0.25) is 0 Å². The Hall–Kier alpha value is -1.38. The molecule has 0 spiro atoms. The Bertz CT molecular complexity index is 360. The Morgan fingerprint density at radius 2 is 2.29 bits per heavy atom. The van der Waals surface area contributed by atoms with Crippen molar-refractivity contribution >= 4 is 5.91 Å². The van der Waals surface area contributed by atoms with Crippen LogP contribution < -0.4 is 0 Å². The smallest absolute Gasteiger partial charge is 0.255 e. The highest BCUT2D eigenvalue weighted by molar-refractivity contribution is 5.96. The van der Waals surface area contributed by atoms with E-state index in [2.05, 4.69) is 4.98 Å². The van der Waals surface area contributed by atoms with Gasteiger partial charge in [0.15, 0.2) is 0 Å². The summed E-state index contributed by atoms with van der Waals surface area (Å²) in [7, 11) is 0. The predicted octanol–water partition coefficient (Wildman–Crippen LogP) is 1.49. The van der Waals surface area contributed by atoms with E-state index >= 15 is 0 Å². The summed E-state index contributed by atoms with van der Waals surface area (Å²) < 4.78 is 0. The zero-order chi connectivity index (χ0) is 10.1. The van der Waals surface area contributed by atoms with Crippen LogP contribution in [-0.4, -0.2) is 28.4 Å². The molecule has 3 nitrogen and oxygen atoms in total. The average Bonchev–Trinajstić information content (AvgIpc) is 2.18. The second kappa shape index (κ2) is 3.40. The molecule has 2 heterocycles. The van der Waals surface area contributed by atoms with Gasteiger partial charge in [-0.3, -0.25) is 9.78 Å². The van der Waals surface area contributed by atoms with Crippen LogP contribution in [0.25, 0.3) is 0 Å². The lowest BCUT2D eigenvalue weighted by Crippen LogP contribution is -2.42. The van der Waals surface area contributed by atoms with Crippen LogP contribution in [0.4, 0.5) is 0 Å². The molecule has 0 unspecified atom stereocenters. The molecule has 0 fully saturated rings. The third-order valence-electron chi connectivity index (χ3n) is 2.65. The van der Waals surface area contributed by atoms with Gasteiger partial charge in [0.05, 0.1) is 5.56 Å². The summed E-state index contributed by atoms with van der Waals surface area (Å²) in [5, 5.41) is 0. The molecule has 1 amide bonds. The van der Waals surface area contributed by atoms with Crippen molar-refractivity contribution in [2.75, 3.05) is 6.54 Å². The lowest BCUT2D eigenvalue weighted by atomic mass is 10.0. The van der Waals surface area contributed by atoms with E-state index in [1.807, 2.05) is 24.8 Å². The molecular formula is C11H14N2O. The van der Waals surface area contributed by atoms with Crippen molar-refractivity contribution in [3.8, 4) is 0 Å². The van der Waals surface area contributed by atoms with E-state index in [1.54, 1.807) is 12.4 Å². The van der Waals surface area contributed by atoms with Gasteiger partial charge in [-0.25, -0.2) is 0 Å². The highest BCUT2D eigenvalue weighted by Gasteiger charge is 2.25. The number of nitrogens with zero attached hydrogens (tertiary/aromatic N) is 2. The van der Waals surface area contributed by atoms with E-state index in [0.717, 1.165) is 24.1 Å². The summed E-state index contributed by atoms with van der Waals surface area (Å²) in [4.78, 5) is 17.8. The number of hydrogen-bond donors (Lipinski definition) is 0. The molecule has 1 aliphatic heterocycles. The van der Waals surface area contributed by atoms with Crippen LogP contribution in [0.5, 0.6) is 0 Å². The molecule has 0 radical (unpaired) electrons. The summed E-state index contributed by atoms with van der Waals surface area (Å²) in [5.41, 5.74) is 1.90. The van der Waals surface area contributed by atoms with Gasteiger partial charge in [0.25, 0.3) is 5.91 Å². The molecule has 0 atom stereocenters. The van der Waals surface area contributed by atoms with Crippen molar-refractivity contribution in [1.82, 2.24) is 9.88 Å². The van der Waals surface area contributed by atoms with E-state index in [4.69, 9.17) is 0 Å². The lowest BCUT2D eigenvalue weighted by Gasteiger charge is -2.31. The normalized spacial score (nSPS) is 15.9. The molecule has 0 saturated carbocycles. The summed E-state index contributed by atoms with van der Waals surface area (Å²) >= 11 is 0. The third kappa shape index (κ3) is 1.39. The van der Waals surface area contributed by atoms with Crippen LogP contribution in [0.1, 0.15) is 29.8 Å². The minimum atomic E-state index is 0.120. The van der Waals surface area contributed by atoms with Crippen molar-refractivity contribution in [3.05, 3.63) is 29.6 Å². The molecule has 0 aromatic carbocycles. The van der Waals surface area contributed by atoms with Crippen LogP contribution in [0.3, 0.4) is 0 Å². The van der Waals surface area contributed by atoms with Gasteiger partial charge in [-0.05, 0) is 31.9 Å². The van der Waals surface area contributed by atoms with Gasteiger partial charge in [0.1, 0.15) is 0 Å². The van der Waals surface area contributed by atoms with E-state index in [9.17, 15) is 4.79 Å². The molecule has 14 heavy (non-hydrogen) atoms. The molecule has 0 N–H and O–H groups in total. The number of rotatable bonds is 1.